The van der Waals surface area contributed by atoms with Gasteiger partial charge in [-0.25, -0.2) is 5.90 Å². The Balaban J connectivity index is -0.0000000396. The summed E-state index contributed by atoms with van der Waals surface area (Å²) < 4.78 is 31.6. The molecule has 180 valence electrons. The molecule has 0 unspecified atom stereocenters. The molecule has 0 aliphatic heterocycles. The van der Waals surface area contributed by atoms with Gasteiger partial charge in [0.1, 0.15) is 0 Å². The molecule has 0 rings (SSSR count). The zero-order valence-electron chi connectivity index (χ0n) is 16.4. The van der Waals surface area contributed by atoms with Gasteiger partial charge in [0.2, 0.25) is 0 Å². The van der Waals surface area contributed by atoms with Crippen molar-refractivity contribution in [3.8, 4) is 0 Å². The van der Waals surface area contributed by atoms with E-state index in [0.29, 0.717) is 6.42 Å². The third kappa shape index (κ3) is 46800. The second kappa shape index (κ2) is 30.3. The van der Waals surface area contributed by atoms with Crippen molar-refractivity contribution in [3.63, 3.8) is 0 Å². The van der Waals surface area contributed by atoms with Crippen molar-refractivity contribution in [2.24, 2.45) is 17.4 Å². The van der Waals surface area contributed by atoms with Crippen LogP contribution < -0.4 is 17.4 Å². The van der Waals surface area contributed by atoms with Crippen molar-refractivity contribution < 1.29 is 67.4 Å². The molecule has 17 nitrogen and oxygen atoms in total. The molecule has 0 saturated carbocycles. The smallest absolute Gasteiger partial charge is 0.394 e. The normalized spacial score (nSPS) is 8.14. The van der Waals surface area contributed by atoms with Crippen molar-refractivity contribution in [2.45, 2.75) is 46.9 Å². The summed E-state index contributed by atoms with van der Waals surface area (Å²) in [4.78, 5) is 36.0. The highest BCUT2D eigenvalue weighted by molar-refractivity contribution is 7.79. The zero-order valence-corrected chi connectivity index (χ0v) is 17.2. The van der Waals surface area contributed by atoms with Crippen LogP contribution in [0.2, 0.25) is 0 Å². The molecule has 0 bridgehead atoms. The molecule has 18 heteroatoms. The van der Waals surface area contributed by atoms with E-state index in [9.17, 15) is 0 Å². The maximum absolute atomic E-state index is 9.00. The van der Waals surface area contributed by atoms with Gasteiger partial charge in [0, 0.05) is 34.1 Å². The van der Waals surface area contributed by atoms with Crippen LogP contribution in [0.15, 0.2) is 0 Å². The number of carboxylic acid groups (broad SMARTS) is 4. The molecule has 14 N–H and O–H groups in total. The minimum atomic E-state index is -4.67. The summed E-state index contributed by atoms with van der Waals surface area (Å²) in [5, 5.41) is 44.5. The molecule has 0 aromatic carbocycles. The summed E-state index contributed by atoms with van der Waals surface area (Å²) in [6, 6.07) is 0. The first-order chi connectivity index (χ1) is 12.5. The summed E-state index contributed by atoms with van der Waals surface area (Å²) in [5.74, 6) is -1.29. The fourth-order valence-electron chi connectivity index (χ4n) is 0. The second-order valence-electron chi connectivity index (χ2n) is 3.87. The summed E-state index contributed by atoms with van der Waals surface area (Å²) in [6.45, 7) is 6.04. The average molecular weight is 461 g/mol. The molecular formula is C11H31N3O14S. The molecule has 0 spiro atoms. The molecule has 0 saturated heterocycles. The molecule has 0 aliphatic carbocycles. The Morgan fingerprint density at radius 3 is 0.759 bits per heavy atom. The van der Waals surface area contributed by atoms with Gasteiger partial charge < -0.3 is 30.7 Å². The van der Waals surface area contributed by atoms with Gasteiger partial charge in [0.25, 0.3) is 23.9 Å². The van der Waals surface area contributed by atoms with Gasteiger partial charge in [0.15, 0.2) is 5.85 Å². The Labute approximate surface area is 166 Å². The van der Waals surface area contributed by atoms with E-state index in [1.165, 1.54) is 0 Å². The Morgan fingerprint density at radius 1 is 0.724 bits per heavy atom. The van der Waals surface area contributed by atoms with Crippen LogP contribution in [0.3, 0.4) is 0 Å². The van der Waals surface area contributed by atoms with E-state index >= 15 is 0 Å². The molecule has 0 aliphatic rings. The monoisotopic (exact) mass is 461 g/mol. The summed E-state index contributed by atoms with van der Waals surface area (Å²) in [7, 11) is -4.67. The second-order valence-corrected chi connectivity index (χ2v) is 4.76. The van der Waals surface area contributed by atoms with Crippen molar-refractivity contribution >= 4 is 34.3 Å². The standard InChI is InChI=1S/C3H10N2O.4C2H4O2.H3NO.H2O4S/c1-2-3(4,5)6;4*1-2(3)4;1-2;1-5(2,3)4/h6H,2,4-5H2,1H3;4*1H3,(H,3,4);2H,1H2;(H2,1,2,3,4). The molecular weight excluding hydrogens is 430 g/mol. The van der Waals surface area contributed by atoms with Crippen LogP contribution in [-0.4, -0.2) is 78.0 Å². The lowest BCUT2D eigenvalue weighted by molar-refractivity contribution is -0.135. The van der Waals surface area contributed by atoms with Crippen LogP contribution in [0.25, 0.3) is 0 Å². The van der Waals surface area contributed by atoms with E-state index < -0.39 is 40.1 Å². The van der Waals surface area contributed by atoms with Gasteiger partial charge in [-0.1, -0.05) is 6.92 Å². The molecule has 29 heavy (non-hydrogen) atoms. The maximum atomic E-state index is 9.00. The zero-order chi connectivity index (χ0) is 26.0. The van der Waals surface area contributed by atoms with Crippen LogP contribution in [0.1, 0.15) is 41.0 Å². The number of aliphatic carboxylic acids is 4. The topological polar surface area (TPSA) is 342 Å². The SMILES string of the molecule is CC(=O)O.CC(=O)O.CC(=O)O.CC(=O)O.CCC(N)(N)O.NO.O=S(=O)(O)O. The number of aliphatic hydroxyl groups is 1. The van der Waals surface area contributed by atoms with Crippen molar-refractivity contribution in [3.05, 3.63) is 0 Å². The van der Waals surface area contributed by atoms with Gasteiger partial charge in [-0.05, 0) is 0 Å². The molecule has 0 aromatic heterocycles. The first-order valence-corrected chi connectivity index (χ1v) is 7.93. The van der Waals surface area contributed by atoms with Gasteiger partial charge in [-0.2, -0.15) is 8.42 Å². The van der Waals surface area contributed by atoms with Crippen molar-refractivity contribution in [2.75, 3.05) is 0 Å². The number of carbonyl (C=O) groups is 4. The van der Waals surface area contributed by atoms with Crippen LogP contribution in [0.5, 0.6) is 0 Å². The predicted octanol–water partition coefficient (Wildman–Crippen LogP) is -1.99. The van der Waals surface area contributed by atoms with Gasteiger partial charge >= 0.3 is 10.4 Å². The molecule has 0 amide bonds. The van der Waals surface area contributed by atoms with Crippen molar-refractivity contribution in [1.29, 1.82) is 0 Å². The highest BCUT2D eigenvalue weighted by Gasteiger charge is 2.06. The Hall–Kier alpha value is -2.45. The Bertz CT molecular complexity index is 429. The van der Waals surface area contributed by atoms with E-state index in [4.69, 9.17) is 78.9 Å². The fourth-order valence-corrected chi connectivity index (χ4v) is 0. The largest absolute Gasteiger partial charge is 0.481 e. The van der Waals surface area contributed by atoms with E-state index in [-0.39, 0.29) is 0 Å². The lowest BCUT2D eigenvalue weighted by atomic mass is 10.3. The highest BCUT2D eigenvalue weighted by atomic mass is 32.3. The minimum Gasteiger partial charge on any atom is -0.481 e. The van der Waals surface area contributed by atoms with E-state index in [0.717, 1.165) is 27.7 Å². The lowest BCUT2D eigenvalue weighted by Gasteiger charge is -2.11. The van der Waals surface area contributed by atoms with Crippen LogP contribution in [-0.2, 0) is 29.6 Å². The van der Waals surface area contributed by atoms with Crippen LogP contribution >= 0.6 is 0 Å². The van der Waals surface area contributed by atoms with Gasteiger partial charge in [-0.15, -0.1) is 0 Å². The third-order valence-corrected chi connectivity index (χ3v) is 0.566. The van der Waals surface area contributed by atoms with Gasteiger partial charge in [-0.3, -0.25) is 39.8 Å². The van der Waals surface area contributed by atoms with Crippen LogP contribution in [0, 0.1) is 0 Å². The number of nitrogens with two attached hydrogens (primary N) is 3. The number of rotatable bonds is 1. The average Bonchev–Trinajstić information content (AvgIpc) is 2.35. The van der Waals surface area contributed by atoms with E-state index in [1.807, 2.05) is 0 Å². The predicted molar refractivity (Wildman–Crippen MR) is 97.0 cm³/mol. The number of hydrogen-bond acceptors (Lipinski definition) is 11. The summed E-state index contributed by atoms with van der Waals surface area (Å²) in [6.07, 6.45) is 0.382. The molecule has 0 radical (unpaired) electrons. The number of carboxylic acids is 4. The third-order valence-electron chi connectivity index (χ3n) is 0.566. The minimum absolute atomic E-state index is 0.382. The first-order valence-electron chi connectivity index (χ1n) is 6.53. The number of hydrogen-bond donors (Lipinski definition) is 11. The van der Waals surface area contributed by atoms with Crippen LogP contribution in [0.4, 0.5) is 0 Å². The maximum Gasteiger partial charge on any atom is 0.394 e. The quantitative estimate of drug-likeness (QED) is 0.114. The van der Waals surface area contributed by atoms with Gasteiger partial charge in [0.05, 0.1) is 0 Å². The first kappa shape index (κ1) is 45.3. The highest BCUT2D eigenvalue weighted by Crippen LogP contribution is 1.85. The summed E-state index contributed by atoms with van der Waals surface area (Å²) in [5.41, 5.74) is 9.74. The lowest BCUT2D eigenvalue weighted by Crippen LogP contribution is -2.48. The Kier molecular flexibility index (Phi) is 47.4. The van der Waals surface area contributed by atoms with E-state index in [2.05, 4.69) is 5.90 Å². The summed E-state index contributed by atoms with van der Waals surface area (Å²) >= 11 is 0. The molecule has 0 heterocycles. The van der Waals surface area contributed by atoms with Crippen molar-refractivity contribution in [1.82, 2.24) is 0 Å². The molecule has 0 aromatic rings. The molecule has 0 atom stereocenters. The van der Waals surface area contributed by atoms with E-state index in [1.54, 1.807) is 6.92 Å². The Morgan fingerprint density at radius 2 is 0.759 bits per heavy atom. The fraction of sp³-hybridized carbons (Fsp3) is 0.636. The molecule has 0 fully saturated rings.